The lowest BCUT2D eigenvalue weighted by Crippen LogP contribution is -2.51. The van der Waals surface area contributed by atoms with Crippen LogP contribution >= 0.6 is 11.8 Å². The van der Waals surface area contributed by atoms with Gasteiger partial charge >= 0.3 is 12.0 Å². The molecule has 0 aliphatic carbocycles. The Hall–Kier alpha value is -2.69. The van der Waals surface area contributed by atoms with Gasteiger partial charge in [0.2, 0.25) is 0 Å². The van der Waals surface area contributed by atoms with Gasteiger partial charge in [0.05, 0.1) is 19.1 Å². The van der Waals surface area contributed by atoms with Gasteiger partial charge in [0, 0.05) is 24.2 Å². The molecule has 2 amide bonds. The molecule has 1 aliphatic rings. The Kier molecular flexibility index (Phi) is 6.91. The van der Waals surface area contributed by atoms with Crippen LogP contribution < -0.4 is 5.32 Å². The summed E-state index contributed by atoms with van der Waals surface area (Å²) in [7, 11) is 1.22. The van der Waals surface area contributed by atoms with Crippen LogP contribution in [-0.4, -0.2) is 58.6 Å². The van der Waals surface area contributed by atoms with E-state index in [2.05, 4.69) is 15.3 Å². The molecule has 0 unspecified atom stereocenters. The third-order valence-electron chi connectivity index (χ3n) is 4.94. The predicted octanol–water partition coefficient (Wildman–Crippen LogP) is 2.78. The summed E-state index contributed by atoms with van der Waals surface area (Å²) < 4.78 is 46.7. The molecule has 162 valence electrons. The second-order valence-corrected chi connectivity index (χ2v) is 7.67. The zero-order chi connectivity index (χ0) is 21.8. The summed E-state index contributed by atoms with van der Waals surface area (Å²) in [6.07, 6.45) is 4.00. The van der Waals surface area contributed by atoms with E-state index in [4.69, 9.17) is 4.74 Å². The number of urea groups is 1. The van der Waals surface area contributed by atoms with Gasteiger partial charge in [-0.2, -0.15) is 11.8 Å². The van der Waals surface area contributed by atoms with Crippen LogP contribution in [0.5, 0.6) is 0 Å². The Morgan fingerprint density at radius 3 is 2.83 bits per heavy atom. The van der Waals surface area contributed by atoms with Gasteiger partial charge in [0.15, 0.2) is 17.5 Å². The number of hydrogen-bond acceptors (Lipinski definition) is 5. The summed E-state index contributed by atoms with van der Waals surface area (Å²) >= 11 is 1.50. The Morgan fingerprint density at radius 1 is 1.37 bits per heavy atom. The number of esters is 1. The average Bonchev–Trinajstić information content (AvgIpc) is 3.23. The van der Waals surface area contributed by atoms with Crippen molar-refractivity contribution in [3.63, 3.8) is 0 Å². The first-order chi connectivity index (χ1) is 14.4. The number of nitrogens with zero attached hydrogens (tertiary/aromatic N) is 2. The van der Waals surface area contributed by atoms with E-state index in [1.165, 1.54) is 30.1 Å². The number of ether oxygens (including phenoxy) is 1. The highest BCUT2D eigenvalue weighted by Crippen LogP contribution is 2.35. The molecule has 11 heteroatoms. The standard InChI is InChI=1S/C19H21F3N4O3S/c1-29-18(27)13(6-8-30-2)25-19(28)26-7-5-12-16(24-9-23-12)17(26)10-3-4-11(20)15(22)14(10)21/h3-4,9,13,17H,5-8H2,1-2H3,(H,23,24)(H,25,28)/t13-,17-/m0/s1. The summed E-state index contributed by atoms with van der Waals surface area (Å²) in [6.45, 7) is 0.153. The molecule has 2 heterocycles. The molecular weight excluding hydrogens is 421 g/mol. The van der Waals surface area contributed by atoms with E-state index in [9.17, 15) is 22.8 Å². The lowest BCUT2D eigenvalue weighted by molar-refractivity contribution is -0.142. The molecule has 1 aromatic heterocycles. The van der Waals surface area contributed by atoms with E-state index in [1.54, 1.807) is 0 Å². The fourth-order valence-electron chi connectivity index (χ4n) is 3.42. The zero-order valence-electron chi connectivity index (χ0n) is 16.4. The molecular formula is C19H21F3N4O3S. The molecule has 1 aliphatic heterocycles. The maximum atomic E-state index is 14.6. The van der Waals surface area contributed by atoms with Crippen molar-refractivity contribution in [2.75, 3.05) is 25.7 Å². The Balaban J connectivity index is 1.95. The number of rotatable bonds is 6. The van der Waals surface area contributed by atoms with Crippen LogP contribution in [0.25, 0.3) is 0 Å². The topological polar surface area (TPSA) is 87.3 Å². The maximum Gasteiger partial charge on any atom is 0.328 e. The summed E-state index contributed by atoms with van der Waals surface area (Å²) in [5.41, 5.74) is 0.774. The molecule has 1 aromatic carbocycles. The molecule has 2 atom stereocenters. The molecule has 2 N–H and O–H groups in total. The molecule has 0 bridgehead atoms. The van der Waals surface area contributed by atoms with E-state index in [-0.39, 0.29) is 12.1 Å². The Labute approximate surface area is 175 Å². The molecule has 30 heavy (non-hydrogen) atoms. The average molecular weight is 442 g/mol. The van der Waals surface area contributed by atoms with E-state index in [0.29, 0.717) is 30.0 Å². The lowest BCUT2D eigenvalue weighted by Gasteiger charge is -2.36. The van der Waals surface area contributed by atoms with Crippen molar-refractivity contribution in [3.05, 3.63) is 52.9 Å². The van der Waals surface area contributed by atoms with Crippen molar-refractivity contribution in [2.24, 2.45) is 0 Å². The maximum absolute atomic E-state index is 14.6. The number of carbonyl (C=O) groups excluding carboxylic acids is 2. The second kappa shape index (κ2) is 9.41. The summed E-state index contributed by atoms with van der Waals surface area (Å²) in [4.78, 5) is 33.4. The van der Waals surface area contributed by atoms with Crippen molar-refractivity contribution >= 4 is 23.8 Å². The number of carbonyl (C=O) groups is 2. The number of thioether (sulfide) groups is 1. The third-order valence-corrected chi connectivity index (χ3v) is 5.58. The number of amides is 2. The van der Waals surface area contributed by atoms with E-state index < -0.39 is 41.5 Å². The highest BCUT2D eigenvalue weighted by Gasteiger charge is 2.38. The van der Waals surface area contributed by atoms with Crippen molar-refractivity contribution in [2.45, 2.75) is 24.9 Å². The third kappa shape index (κ3) is 4.25. The number of hydrogen-bond donors (Lipinski definition) is 2. The van der Waals surface area contributed by atoms with Crippen LogP contribution in [-0.2, 0) is 16.0 Å². The normalized spacial score (nSPS) is 16.7. The molecule has 2 aromatic rings. The molecule has 0 saturated heterocycles. The van der Waals surface area contributed by atoms with Gasteiger partial charge < -0.3 is 19.9 Å². The highest BCUT2D eigenvalue weighted by atomic mass is 32.2. The SMILES string of the molecule is COC(=O)[C@H](CCSC)NC(=O)N1CCc2[nH]cnc2[C@@H]1c1ccc(F)c(F)c1F. The van der Waals surface area contributed by atoms with Crippen LogP contribution in [0.1, 0.15) is 29.4 Å². The number of nitrogens with one attached hydrogen (secondary N) is 2. The van der Waals surface area contributed by atoms with Crippen LogP contribution in [0, 0.1) is 17.5 Å². The Bertz CT molecular complexity index is 940. The number of halogens is 3. The van der Waals surface area contributed by atoms with Crippen molar-refractivity contribution in [3.8, 4) is 0 Å². The van der Waals surface area contributed by atoms with Gasteiger partial charge in [-0.15, -0.1) is 0 Å². The molecule has 7 nitrogen and oxygen atoms in total. The molecule has 0 saturated carbocycles. The van der Waals surface area contributed by atoms with Crippen LogP contribution in [0.3, 0.4) is 0 Å². The molecule has 0 radical (unpaired) electrons. The molecule has 3 rings (SSSR count). The first kappa shape index (κ1) is 22.0. The predicted molar refractivity (Wildman–Crippen MR) is 104 cm³/mol. The van der Waals surface area contributed by atoms with E-state index in [1.807, 2.05) is 6.26 Å². The van der Waals surface area contributed by atoms with Crippen molar-refractivity contribution < 1.29 is 27.5 Å². The smallest absolute Gasteiger partial charge is 0.328 e. The van der Waals surface area contributed by atoms with E-state index >= 15 is 0 Å². The number of aromatic amines is 1. The van der Waals surface area contributed by atoms with Gasteiger partial charge in [-0.25, -0.2) is 27.7 Å². The number of H-pyrrole nitrogens is 1. The fourth-order valence-corrected chi connectivity index (χ4v) is 3.89. The second-order valence-electron chi connectivity index (χ2n) is 6.68. The van der Waals surface area contributed by atoms with Gasteiger partial charge in [0.1, 0.15) is 12.1 Å². The van der Waals surface area contributed by atoms with Gasteiger partial charge in [-0.05, 0) is 24.5 Å². The van der Waals surface area contributed by atoms with Gasteiger partial charge in [0.25, 0.3) is 0 Å². The van der Waals surface area contributed by atoms with Gasteiger partial charge in [-0.1, -0.05) is 6.07 Å². The summed E-state index contributed by atoms with van der Waals surface area (Å²) in [5, 5.41) is 2.61. The highest BCUT2D eigenvalue weighted by molar-refractivity contribution is 7.98. The van der Waals surface area contributed by atoms with Crippen LogP contribution in [0.15, 0.2) is 18.5 Å². The molecule has 0 spiro atoms. The number of fused-ring (bicyclic) bond motifs is 1. The van der Waals surface area contributed by atoms with Crippen LogP contribution in [0.2, 0.25) is 0 Å². The van der Waals surface area contributed by atoms with Crippen molar-refractivity contribution in [1.82, 2.24) is 20.2 Å². The summed E-state index contributed by atoms with van der Waals surface area (Å²) in [6, 6.07) is -0.747. The van der Waals surface area contributed by atoms with Gasteiger partial charge in [-0.3, -0.25) is 0 Å². The molecule has 0 fully saturated rings. The monoisotopic (exact) mass is 442 g/mol. The quantitative estimate of drug-likeness (QED) is 0.531. The largest absolute Gasteiger partial charge is 0.467 e. The number of aromatic nitrogens is 2. The fraction of sp³-hybridized carbons (Fsp3) is 0.421. The zero-order valence-corrected chi connectivity index (χ0v) is 17.2. The lowest BCUT2D eigenvalue weighted by atomic mass is 9.95. The first-order valence-corrected chi connectivity index (χ1v) is 10.6. The number of methoxy groups -OCH3 is 1. The first-order valence-electron chi connectivity index (χ1n) is 9.18. The minimum Gasteiger partial charge on any atom is -0.467 e. The summed E-state index contributed by atoms with van der Waals surface area (Å²) in [5.74, 6) is -4.34. The van der Waals surface area contributed by atoms with Crippen LogP contribution in [0.4, 0.5) is 18.0 Å². The number of benzene rings is 1. The minimum absolute atomic E-state index is 0.153. The van der Waals surface area contributed by atoms with E-state index in [0.717, 1.165) is 12.1 Å². The minimum atomic E-state index is -1.62. The number of imidazole rings is 1. The Morgan fingerprint density at radius 2 is 2.13 bits per heavy atom. The van der Waals surface area contributed by atoms with Crippen molar-refractivity contribution in [1.29, 1.82) is 0 Å².